The first-order chi connectivity index (χ1) is 14.8. The van der Waals surface area contributed by atoms with E-state index >= 15 is 0 Å². The molecule has 7 heteroatoms. The van der Waals surface area contributed by atoms with E-state index in [9.17, 15) is 19.2 Å². The van der Waals surface area contributed by atoms with Gasteiger partial charge in [0.15, 0.2) is 5.78 Å². The van der Waals surface area contributed by atoms with Crippen molar-refractivity contribution in [2.24, 2.45) is 17.6 Å². The minimum atomic E-state index is -1.08. The van der Waals surface area contributed by atoms with Crippen LogP contribution >= 0.6 is 0 Å². The number of amides is 2. The lowest BCUT2D eigenvalue weighted by molar-refractivity contribution is -0.139. The van der Waals surface area contributed by atoms with Gasteiger partial charge < -0.3 is 15.8 Å². The lowest BCUT2D eigenvalue weighted by atomic mass is 9.86. The Balaban J connectivity index is 2.04. The number of carbonyl (C=O) groups is 4. The molecule has 0 saturated carbocycles. The van der Waals surface area contributed by atoms with Crippen molar-refractivity contribution < 1.29 is 23.9 Å². The van der Waals surface area contributed by atoms with E-state index < -0.39 is 29.7 Å². The van der Waals surface area contributed by atoms with Gasteiger partial charge in [-0.2, -0.15) is 0 Å². The van der Waals surface area contributed by atoms with E-state index in [1.54, 1.807) is 13.8 Å². The van der Waals surface area contributed by atoms with E-state index in [4.69, 9.17) is 10.5 Å². The predicted molar refractivity (Wildman–Crippen MR) is 116 cm³/mol. The maximum Gasteiger partial charge on any atom is 0.408 e. The zero-order valence-corrected chi connectivity index (χ0v) is 17.7. The molecule has 7 nitrogen and oxygen atoms in total. The monoisotopic (exact) mass is 424 g/mol. The number of nitrogens with two attached hydrogens (primary N) is 1. The van der Waals surface area contributed by atoms with E-state index in [0.29, 0.717) is 0 Å². The van der Waals surface area contributed by atoms with Gasteiger partial charge in [0.05, 0.1) is 6.04 Å². The third-order valence-corrected chi connectivity index (χ3v) is 4.89. The van der Waals surface area contributed by atoms with E-state index in [-0.39, 0.29) is 31.1 Å². The fraction of sp³-hybridized carbons (Fsp3) is 0.333. The Morgan fingerprint density at radius 3 is 1.97 bits per heavy atom. The molecule has 0 bridgehead atoms. The Kier molecular flexibility index (Phi) is 8.94. The topological polar surface area (TPSA) is 116 Å². The molecule has 3 N–H and O–H groups in total. The molecule has 2 unspecified atom stereocenters. The van der Waals surface area contributed by atoms with Gasteiger partial charge in [-0.1, -0.05) is 74.5 Å². The Hall–Kier alpha value is -3.48. The molecular weight excluding hydrogens is 396 g/mol. The van der Waals surface area contributed by atoms with Crippen LogP contribution in [0.2, 0.25) is 0 Å². The first-order valence-corrected chi connectivity index (χ1v) is 10.2. The van der Waals surface area contributed by atoms with Crippen LogP contribution in [-0.4, -0.2) is 29.6 Å². The Labute approximate surface area is 182 Å². The van der Waals surface area contributed by atoms with Crippen molar-refractivity contribution in [3.8, 4) is 0 Å². The highest BCUT2D eigenvalue weighted by Crippen LogP contribution is 2.17. The molecule has 2 aromatic carbocycles. The molecule has 0 heterocycles. The van der Waals surface area contributed by atoms with Crippen LogP contribution < -0.4 is 11.1 Å². The molecule has 2 rings (SSSR count). The standard InChI is InChI=1S/C24H28N2O5/c1-16(2)21(26-24(30)31-15-18-11-7-4-8-12-18)20(27)14-19(22(28)23(25)29)13-17-9-5-3-6-10-17/h3-12,16,19,21H,13-15H2,1-2H3,(H2,25,29)(H,26,30). The van der Waals surface area contributed by atoms with Gasteiger partial charge in [0.25, 0.3) is 5.91 Å². The van der Waals surface area contributed by atoms with Crippen LogP contribution in [0.4, 0.5) is 4.79 Å². The maximum absolute atomic E-state index is 12.9. The van der Waals surface area contributed by atoms with Crippen LogP contribution in [0.25, 0.3) is 0 Å². The molecule has 164 valence electrons. The smallest absolute Gasteiger partial charge is 0.408 e. The largest absolute Gasteiger partial charge is 0.445 e. The minimum absolute atomic E-state index is 0.0719. The first-order valence-electron chi connectivity index (χ1n) is 10.2. The quantitative estimate of drug-likeness (QED) is 0.538. The minimum Gasteiger partial charge on any atom is -0.445 e. The summed E-state index contributed by atoms with van der Waals surface area (Å²) >= 11 is 0. The van der Waals surface area contributed by atoms with E-state index in [2.05, 4.69) is 5.32 Å². The highest BCUT2D eigenvalue weighted by atomic mass is 16.5. The van der Waals surface area contributed by atoms with E-state index in [1.807, 2.05) is 60.7 Å². The highest BCUT2D eigenvalue weighted by Gasteiger charge is 2.31. The van der Waals surface area contributed by atoms with Crippen molar-refractivity contribution in [3.63, 3.8) is 0 Å². The van der Waals surface area contributed by atoms with Crippen molar-refractivity contribution in [3.05, 3.63) is 71.8 Å². The molecule has 0 saturated heterocycles. The summed E-state index contributed by atoms with van der Waals surface area (Å²) in [6.45, 7) is 3.63. The molecule has 2 aromatic rings. The third kappa shape index (κ3) is 7.70. The van der Waals surface area contributed by atoms with Crippen LogP contribution in [0.5, 0.6) is 0 Å². The summed E-state index contributed by atoms with van der Waals surface area (Å²) in [7, 11) is 0. The summed E-state index contributed by atoms with van der Waals surface area (Å²) in [5, 5.41) is 2.59. The number of nitrogens with one attached hydrogen (secondary N) is 1. The van der Waals surface area contributed by atoms with Crippen LogP contribution in [0.15, 0.2) is 60.7 Å². The number of hydrogen-bond donors (Lipinski definition) is 2. The van der Waals surface area contributed by atoms with Crippen molar-refractivity contribution in [1.82, 2.24) is 5.32 Å². The molecular formula is C24H28N2O5. The van der Waals surface area contributed by atoms with Gasteiger partial charge in [0.1, 0.15) is 6.61 Å². The van der Waals surface area contributed by atoms with Gasteiger partial charge in [-0.3, -0.25) is 14.4 Å². The van der Waals surface area contributed by atoms with Gasteiger partial charge in [-0.15, -0.1) is 0 Å². The van der Waals surface area contributed by atoms with Crippen molar-refractivity contribution in [1.29, 1.82) is 0 Å². The third-order valence-electron chi connectivity index (χ3n) is 4.89. The summed E-state index contributed by atoms with van der Waals surface area (Å²) in [5.74, 6) is -3.37. The number of benzene rings is 2. The lowest BCUT2D eigenvalue weighted by Gasteiger charge is -2.23. The predicted octanol–water partition coefficient (Wildman–Crippen LogP) is 2.81. The lowest BCUT2D eigenvalue weighted by Crippen LogP contribution is -2.46. The second-order valence-electron chi connectivity index (χ2n) is 7.71. The molecule has 0 aliphatic rings. The summed E-state index contributed by atoms with van der Waals surface area (Å²) < 4.78 is 5.20. The van der Waals surface area contributed by atoms with Crippen LogP contribution in [0.3, 0.4) is 0 Å². The summed E-state index contributed by atoms with van der Waals surface area (Å²) in [6.07, 6.45) is -0.729. The average Bonchev–Trinajstić information content (AvgIpc) is 2.76. The number of ether oxygens (including phenoxy) is 1. The number of rotatable bonds is 11. The number of hydrogen-bond acceptors (Lipinski definition) is 5. The SMILES string of the molecule is CC(C)C(NC(=O)OCc1ccccc1)C(=O)CC(Cc1ccccc1)C(=O)C(N)=O. The van der Waals surface area contributed by atoms with Gasteiger partial charge in [0, 0.05) is 12.3 Å². The second kappa shape index (κ2) is 11.6. The van der Waals surface area contributed by atoms with Gasteiger partial charge in [-0.25, -0.2) is 4.79 Å². The molecule has 0 aromatic heterocycles. The zero-order chi connectivity index (χ0) is 22.8. The Morgan fingerprint density at radius 2 is 1.45 bits per heavy atom. The second-order valence-corrected chi connectivity index (χ2v) is 7.71. The van der Waals surface area contributed by atoms with E-state index in [0.717, 1.165) is 11.1 Å². The van der Waals surface area contributed by atoms with E-state index in [1.165, 1.54) is 0 Å². The number of carbonyl (C=O) groups excluding carboxylic acids is 4. The Bertz CT molecular complexity index is 897. The van der Waals surface area contributed by atoms with Crippen molar-refractivity contribution >= 4 is 23.6 Å². The molecule has 2 amide bonds. The molecule has 0 fully saturated rings. The van der Waals surface area contributed by atoms with Gasteiger partial charge >= 0.3 is 6.09 Å². The molecule has 0 radical (unpaired) electrons. The summed E-state index contributed by atoms with van der Waals surface area (Å²) in [4.78, 5) is 49.0. The molecule has 0 aliphatic carbocycles. The number of Topliss-reactive ketones (excluding diaryl/α,β-unsaturated/α-hetero) is 2. The Morgan fingerprint density at radius 1 is 0.903 bits per heavy atom. The van der Waals surface area contributed by atoms with Crippen LogP contribution in [0, 0.1) is 11.8 Å². The average molecular weight is 424 g/mol. The molecule has 0 spiro atoms. The molecule has 0 aliphatic heterocycles. The normalized spacial score (nSPS) is 12.6. The summed E-state index contributed by atoms with van der Waals surface area (Å²) in [6, 6.07) is 17.4. The summed E-state index contributed by atoms with van der Waals surface area (Å²) in [5.41, 5.74) is 6.82. The highest BCUT2D eigenvalue weighted by molar-refractivity contribution is 6.36. The van der Waals surface area contributed by atoms with Gasteiger partial charge in [0.2, 0.25) is 5.78 Å². The van der Waals surface area contributed by atoms with Crippen LogP contribution in [0.1, 0.15) is 31.4 Å². The van der Waals surface area contributed by atoms with Crippen molar-refractivity contribution in [2.45, 2.75) is 39.3 Å². The number of primary amides is 1. The molecule has 2 atom stereocenters. The van der Waals surface area contributed by atoms with Gasteiger partial charge in [-0.05, 0) is 23.5 Å². The molecule has 31 heavy (non-hydrogen) atoms. The zero-order valence-electron chi connectivity index (χ0n) is 17.7. The fourth-order valence-electron chi connectivity index (χ4n) is 3.24. The maximum atomic E-state index is 12.9. The fourth-order valence-corrected chi connectivity index (χ4v) is 3.24. The number of alkyl carbamates (subject to hydrolysis) is 1. The number of ketones is 2. The van der Waals surface area contributed by atoms with Crippen LogP contribution in [-0.2, 0) is 32.1 Å². The van der Waals surface area contributed by atoms with Crippen molar-refractivity contribution in [2.75, 3.05) is 0 Å². The first kappa shape index (κ1) is 23.8.